The first-order valence-electron chi connectivity index (χ1n) is 11.4. The Morgan fingerprint density at radius 2 is 1.74 bits per heavy atom. The molecular formula is C27H28FNO5S. The molecule has 0 aliphatic carbocycles. The molecule has 3 aromatic carbocycles. The van der Waals surface area contributed by atoms with Gasteiger partial charge in [0.15, 0.2) is 6.61 Å². The summed E-state index contributed by atoms with van der Waals surface area (Å²) in [5, 5.41) is 8.84. The zero-order valence-corrected chi connectivity index (χ0v) is 20.9. The molecule has 35 heavy (non-hydrogen) atoms. The van der Waals surface area contributed by atoms with Gasteiger partial charge in [-0.3, -0.25) is 4.31 Å². The molecule has 1 unspecified atom stereocenters. The van der Waals surface area contributed by atoms with Gasteiger partial charge in [-0.05, 0) is 90.0 Å². The highest BCUT2D eigenvalue weighted by Crippen LogP contribution is 2.46. The van der Waals surface area contributed by atoms with Crippen LogP contribution >= 0.6 is 0 Å². The fraction of sp³-hybridized carbons (Fsp3) is 0.296. The van der Waals surface area contributed by atoms with E-state index < -0.39 is 22.6 Å². The number of carbonyl (C=O) groups is 1. The van der Waals surface area contributed by atoms with E-state index in [1.54, 1.807) is 19.1 Å². The summed E-state index contributed by atoms with van der Waals surface area (Å²) in [7, 11) is -3.88. The van der Waals surface area contributed by atoms with Crippen molar-refractivity contribution in [3.8, 4) is 16.9 Å². The molecule has 0 saturated carbocycles. The lowest BCUT2D eigenvalue weighted by Gasteiger charge is -2.23. The SMILES string of the molecule is Cc1cc(S(=O)(=O)N2CC(C(C)C)c3cc(-c4ccc(F)cc4)cc(C)c32)ccc1OCC(=O)O. The predicted octanol–water partition coefficient (Wildman–Crippen LogP) is 5.52. The molecule has 1 aliphatic heterocycles. The number of hydrogen-bond donors (Lipinski definition) is 1. The smallest absolute Gasteiger partial charge is 0.341 e. The van der Waals surface area contributed by atoms with Crippen LogP contribution in [0.5, 0.6) is 5.75 Å². The molecule has 8 heteroatoms. The number of carboxylic acids is 1. The van der Waals surface area contributed by atoms with Crippen LogP contribution in [0.3, 0.4) is 0 Å². The minimum Gasteiger partial charge on any atom is -0.482 e. The van der Waals surface area contributed by atoms with Crippen LogP contribution in [0.1, 0.15) is 36.5 Å². The van der Waals surface area contributed by atoms with Crippen molar-refractivity contribution in [3.63, 3.8) is 0 Å². The van der Waals surface area contributed by atoms with Crippen LogP contribution in [0.4, 0.5) is 10.1 Å². The van der Waals surface area contributed by atoms with Crippen LogP contribution < -0.4 is 9.04 Å². The third-order valence-electron chi connectivity index (χ3n) is 6.41. The first-order chi connectivity index (χ1) is 16.5. The van der Waals surface area contributed by atoms with Crippen molar-refractivity contribution in [2.24, 2.45) is 5.92 Å². The van der Waals surface area contributed by atoms with Gasteiger partial charge in [0.25, 0.3) is 10.0 Å². The second-order valence-corrected chi connectivity index (χ2v) is 11.1. The summed E-state index contributed by atoms with van der Waals surface area (Å²) in [4.78, 5) is 10.9. The number of hydrogen-bond acceptors (Lipinski definition) is 4. The molecule has 3 aromatic rings. The Hall–Kier alpha value is -3.39. The summed E-state index contributed by atoms with van der Waals surface area (Å²) in [6, 6.07) is 14.7. The molecule has 0 spiro atoms. The maximum absolute atomic E-state index is 13.8. The van der Waals surface area contributed by atoms with Gasteiger partial charge >= 0.3 is 5.97 Å². The number of carboxylic acid groups (broad SMARTS) is 1. The molecule has 0 radical (unpaired) electrons. The van der Waals surface area contributed by atoms with Gasteiger partial charge in [-0.1, -0.05) is 26.0 Å². The lowest BCUT2D eigenvalue weighted by atomic mass is 9.87. The van der Waals surface area contributed by atoms with Crippen molar-refractivity contribution in [3.05, 3.63) is 77.1 Å². The van der Waals surface area contributed by atoms with Crippen molar-refractivity contribution in [1.29, 1.82) is 0 Å². The van der Waals surface area contributed by atoms with Gasteiger partial charge in [-0.25, -0.2) is 17.6 Å². The van der Waals surface area contributed by atoms with E-state index >= 15 is 0 Å². The number of fused-ring (bicyclic) bond motifs is 1. The highest BCUT2D eigenvalue weighted by atomic mass is 32.2. The van der Waals surface area contributed by atoms with Crippen LogP contribution in [-0.2, 0) is 14.8 Å². The van der Waals surface area contributed by atoms with Gasteiger partial charge in [0.1, 0.15) is 11.6 Å². The summed E-state index contributed by atoms with van der Waals surface area (Å²) in [5.41, 5.74) is 4.79. The summed E-state index contributed by atoms with van der Waals surface area (Å²) in [6.07, 6.45) is 0. The molecule has 0 fully saturated rings. The minimum atomic E-state index is -3.88. The van der Waals surface area contributed by atoms with Crippen molar-refractivity contribution in [1.82, 2.24) is 0 Å². The lowest BCUT2D eigenvalue weighted by molar-refractivity contribution is -0.139. The fourth-order valence-electron chi connectivity index (χ4n) is 4.61. The van der Waals surface area contributed by atoms with Crippen LogP contribution in [0.15, 0.2) is 59.5 Å². The fourth-order valence-corrected chi connectivity index (χ4v) is 6.27. The minimum absolute atomic E-state index is 0.00172. The van der Waals surface area contributed by atoms with E-state index in [1.165, 1.54) is 34.6 Å². The molecular weight excluding hydrogens is 469 g/mol. The molecule has 4 rings (SSSR count). The third-order valence-corrected chi connectivity index (χ3v) is 8.17. The number of sulfonamides is 1. The largest absolute Gasteiger partial charge is 0.482 e. The van der Waals surface area contributed by atoms with E-state index in [0.29, 0.717) is 23.5 Å². The topological polar surface area (TPSA) is 83.9 Å². The molecule has 0 bridgehead atoms. The van der Waals surface area contributed by atoms with Crippen molar-refractivity contribution >= 4 is 21.7 Å². The van der Waals surface area contributed by atoms with Crippen LogP contribution in [0.2, 0.25) is 0 Å². The second kappa shape index (κ2) is 9.34. The number of nitrogens with zero attached hydrogens (tertiary/aromatic N) is 1. The Labute approximate surface area is 205 Å². The van der Waals surface area contributed by atoms with Gasteiger partial charge in [0.2, 0.25) is 0 Å². The van der Waals surface area contributed by atoms with Crippen LogP contribution in [-0.4, -0.2) is 32.6 Å². The van der Waals surface area contributed by atoms with Gasteiger partial charge in [-0.2, -0.15) is 0 Å². The number of aryl methyl sites for hydroxylation is 2. The van der Waals surface area contributed by atoms with E-state index in [1.807, 2.05) is 19.1 Å². The molecule has 0 saturated heterocycles. The first kappa shape index (κ1) is 24.7. The zero-order valence-electron chi connectivity index (χ0n) is 20.1. The first-order valence-corrected chi connectivity index (χ1v) is 12.8. The zero-order chi connectivity index (χ0) is 25.5. The Morgan fingerprint density at radius 3 is 2.34 bits per heavy atom. The second-order valence-electron chi connectivity index (χ2n) is 9.23. The van der Waals surface area contributed by atoms with Gasteiger partial charge < -0.3 is 9.84 Å². The number of rotatable bonds is 7. The highest BCUT2D eigenvalue weighted by Gasteiger charge is 2.39. The Balaban J connectivity index is 1.76. The summed E-state index contributed by atoms with van der Waals surface area (Å²) < 4.78 is 47.7. The van der Waals surface area contributed by atoms with E-state index in [4.69, 9.17) is 9.84 Å². The summed E-state index contributed by atoms with van der Waals surface area (Å²) in [5.74, 6) is -0.888. The third kappa shape index (κ3) is 4.75. The predicted molar refractivity (Wildman–Crippen MR) is 133 cm³/mol. The quantitative estimate of drug-likeness (QED) is 0.465. The average Bonchev–Trinajstić information content (AvgIpc) is 3.20. The number of benzene rings is 3. The van der Waals surface area contributed by atoms with E-state index in [-0.39, 0.29) is 22.5 Å². The number of halogens is 1. The number of aliphatic carboxylic acids is 1. The molecule has 1 atom stereocenters. The Kier molecular flexibility index (Phi) is 6.60. The number of ether oxygens (including phenoxy) is 1. The standard InChI is InChI=1S/C27H28FNO5S/c1-16(2)24-14-29(35(32,33)22-9-10-25(17(3)12-22)34-15-26(30)31)27-18(4)11-20(13-23(24)27)19-5-7-21(28)8-6-19/h5-13,16,24H,14-15H2,1-4H3,(H,30,31). The van der Waals surface area contributed by atoms with Crippen LogP contribution in [0.25, 0.3) is 11.1 Å². The number of anilines is 1. The van der Waals surface area contributed by atoms with E-state index in [2.05, 4.69) is 13.8 Å². The molecule has 0 amide bonds. The molecule has 1 heterocycles. The molecule has 6 nitrogen and oxygen atoms in total. The highest BCUT2D eigenvalue weighted by molar-refractivity contribution is 7.92. The summed E-state index contributed by atoms with van der Waals surface area (Å²) in [6.45, 7) is 7.54. The maximum Gasteiger partial charge on any atom is 0.341 e. The van der Waals surface area contributed by atoms with Gasteiger partial charge in [0, 0.05) is 12.5 Å². The Bertz CT molecular complexity index is 1380. The summed E-state index contributed by atoms with van der Waals surface area (Å²) >= 11 is 0. The monoisotopic (exact) mass is 497 g/mol. The maximum atomic E-state index is 13.8. The Morgan fingerprint density at radius 1 is 1.06 bits per heavy atom. The normalized spacial score (nSPS) is 15.4. The van der Waals surface area contributed by atoms with Crippen LogP contribution in [0, 0.1) is 25.6 Å². The lowest BCUT2D eigenvalue weighted by Crippen LogP contribution is -2.31. The molecule has 0 aromatic heterocycles. The van der Waals surface area contributed by atoms with Gasteiger partial charge in [0.05, 0.1) is 10.6 Å². The van der Waals surface area contributed by atoms with E-state index in [0.717, 1.165) is 22.3 Å². The van der Waals surface area contributed by atoms with Gasteiger partial charge in [-0.15, -0.1) is 0 Å². The van der Waals surface area contributed by atoms with Crippen molar-refractivity contribution < 1.29 is 27.4 Å². The average molecular weight is 498 g/mol. The molecule has 1 N–H and O–H groups in total. The van der Waals surface area contributed by atoms with Crippen molar-refractivity contribution in [2.75, 3.05) is 17.5 Å². The van der Waals surface area contributed by atoms with Crippen molar-refractivity contribution in [2.45, 2.75) is 38.5 Å². The van der Waals surface area contributed by atoms with E-state index in [9.17, 15) is 17.6 Å². The molecule has 1 aliphatic rings. The molecule has 184 valence electrons.